The normalized spacial score (nSPS) is 12.7. The summed E-state index contributed by atoms with van der Waals surface area (Å²) in [6, 6.07) is 0. The summed E-state index contributed by atoms with van der Waals surface area (Å²) in [5.74, 6) is -0.251. The maximum Gasteiger partial charge on any atom is 0.427 e. The molecular formula is C9H20O4Si. The van der Waals surface area contributed by atoms with Crippen molar-refractivity contribution >= 4 is 14.5 Å². The average Bonchev–Trinajstić information content (AvgIpc) is 1.99. The molecule has 84 valence electrons. The monoisotopic (exact) mass is 220 g/mol. The van der Waals surface area contributed by atoms with Crippen LogP contribution >= 0.6 is 0 Å². The first-order valence-corrected chi connectivity index (χ1v) is 7.56. The maximum atomic E-state index is 11.0. The number of hydrogen-bond acceptors (Lipinski definition) is 4. The Balaban J connectivity index is 4.01. The minimum Gasteiger partial charge on any atom is -0.493 e. The van der Waals surface area contributed by atoms with Gasteiger partial charge in [0.25, 0.3) is 5.97 Å². The zero-order chi connectivity index (χ0) is 11.4. The highest BCUT2D eigenvalue weighted by Crippen LogP contribution is 2.14. The van der Waals surface area contributed by atoms with Crippen molar-refractivity contribution in [1.82, 2.24) is 0 Å². The lowest BCUT2D eigenvalue weighted by molar-refractivity contribution is -0.293. The predicted octanol–water partition coefficient (Wildman–Crippen LogP) is 2.39. The van der Waals surface area contributed by atoms with Gasteiger partial charge in [0.2, 0.25) is 0 Å². The summed E-state index contributed by atoms with van der Waals surface area (Å²) in [7, 11) is -2.47. The van der Waals surface area contributed by atoms with E-state index in [1.807, 2.05) is 20.8 Å². The summed E-state index contributed by atoms with van der Waals surface area (Å²) in [4.78, 5) is 16.2. The van der Waals surface area contributed by atoms with Crippen LogP contribution in [-0.4, -0.2) is 20.1 Å². The van der Waals surface area contributed by atoms with Crippen LogP contribution in [0.3, 0.4) is 0 Å². The van der Waals surface area contributed by atoms with Crippen molar-refractivity contribution < 1.29 is 18.7 Å². The van der Waals surface area contributed by atoms with Crippen LogP contribution in [0.2, 0.25) is 13.1 Å². The van der Waals surface area contributed by atoms with Gasteiger partial charge in [0.05, 0.1) is 5.60 Å². The van der Waals surface area contributed by atoms with Crippen LogP contribution in [0.1, 0.15) is 34.1 Å². The van der Waals surface area contributed by atoms with Crippen molar-refractivity contribution in [2.24, 2.45) is 0 Å². The molecule has 0 aromatic carbocycles. The standard InChI is InChI=1S/C9H20O4Si/c1-7-8(10)11-14(5,6)13-12-9(2,3)4/h7H2,1-6H3. The second-order valence-corrected chi connectivity index (χ2v) is 7.68. The maximum absolute atomic E-state index is 11.0. The molecule has 0 N–H and O–H groups in total. The second-order valence-electron chi connectivity index (χ2n) is 4.51. The highest BCUT2D eigenvalue weighted by Gasteiger charge is 2.32. The van der Waals surface area contributed by atoms with Gasteiger partial charge in [-0.25, -0.2) is 9.46 Å². The van der Waals surface area contributed by atoms with E-state index in [4.69, 9.17) is 13.9 Å². The van der Waals surface area contributed by atoms with E-state index in [0.717, 1.165) is 0 Å². The smallest absolute Gasteiger partial charge is 0.427 e. The first-order chi connectivity index (χ1) is 6.16. The van der Waals surface area contributed by atoms with E-state index in [-0.39, 0.29) is 11.6 Å². The molecule has 0 atom stereocenters. The molecule has 0 saturated heterocycles. The van der Waals surface area contributed by atoms with Crippen LogP contribution < -0.4 is 0 Å². The van der Waals surface area contributed by atoms with Gasteiger partial charge in [-0.15, -0.1) is 0 Å². The molecule has 5 heteroatoms. The molecule has 0 saturated carbocycles. The van der Waals surface area contributed by atoms with Gasteiger partial charge < -0.3 is 4.43 Å². The number of rotatable bonds is 4. The van der Waals surface area contributed by atoms with Gasteiger partial charge in [-0.1, -0.05) is 6.92 Å². The zero-order valence-corrected chi connectivity index (χ0v) is 10.8. The van der Waals surface area contributed by atoms with Gasteiger partial charge in [-0.3, -0.25) is 4.79 Å². The molecule has 0 aliphatic heterocycles. The van der Waals surface area contributed by atoms with Gasteiger partial charge in [0, 0.05) is 6.42 Å². The number of carbonyl (C=O) groups is 1. The molecule has 0 aromatic heterocycles. The Kier molecular flexibility index (Phi) is 4.77. The molecular weight excluding hydrogens is 200 g/mol. The fourth-order valence-corrected chi connectivity index (χ4v) is 1.77. The molecule has 0 fully saturated rings. The summed E-state index contributed by atoms with van der Waals surface area (Å²) in [5.41, 5.74) is -0.386. The van der Waals surface area contributed by atoms with Crippen LogP contribution in [0.4, 0.5) is 0 Å². The minimum atomic E-state index is -2.47. The van der Waals surface area contributed by atoms with Crippen molar-refractivity contribution in [3.8, 4) is 0 Å². The van der Waals surface area contributed by atoms with Crippen molar-refractivity contribution in [2.45, 2.75) is 52.8 Å². The summed E-state index contributed by atoms with van der Waals surface area (Å²) in [5, 5.41) is 0. The lowest BCUT2D eigenvalue weighted by atomic mass is 10.2. The van der Waals surface area contributed by atoms with E-state index in [9.17, 15) is 4.79 Å². The molecule has 0 aromatic rings. The predicted molar refractivity (Wildman–Crippen MR) is 55.8 cm³/mol. The lowest BCUT2D eigenvalue weighted by Crippen LogP contribution is -2.39. The van der Waals surface area contributed by atoms with E-state index in [2.05, 4.69) is 0 Å². The molecule has 0 rings (SSSR count). The first-order valence-electron chi connectivity index (χ1n) is 4.75. The Labute approximate surface area is 86.7 Å². The SMILES string of the molecule is CCC(=O)O[Si](C)(C)OOC(C)(C)C. The fourth-order valence-electron chi connectivity index (χ4n) is 0.589. The van der Waals surface area contributed by atoms with E-state index in [0.29, 0.717) is 6.42 Å². The van der Waals surface area contributed by atoms with Crippen LogP contribution in [-0.2, 0) is 18.7 Å². The molecule has 0 unspecified atom stereocenters. The van der Waals surface area contributed by atoms with E-state index < -0.39 is 8.56 Å². The highest BCUT2D eigenvalue weighted by molar-refractivity contribution is 6.65. The third-order valence-electron chi connectivity index (χ3n) is 1.14. The quantitative estimate of drug-likeness (QED) is 0.414. The van der Waals surface area contributed by atoms with Crippen LogP contribution in [0.15, 0.2) is 0 Å². The Morgan fingerprint density at radius 2 is 1.79 bits per heavy atom. The summed E-state index contributed by atoms with van der Waals surface area (Å²) < 4.78 is 10.3. The molecule has 0 spiro atoms. The third kappa shape index (κ3) is 7.05. The van der Waals surface area contributed by atoms with Crippen LogP contribution in [0.25, 0.3) is 0 Å². The Morgan fingerprint density at radius 1 is 1.29 bits per heavy atom. The number of hydrogen-bond donors (Lipinski definition) is 0. The Bertz CT molecular complexity index is 195. The Hall–Kier alpha value is -0.393. The summed E-state index contributed by atoms with van der Waals surface area (Å²) in [6.45, 7) is 10.9. The highest BCUT2D eigenvalue weighted by atomic mass is 28.4. The van der Waals surface area contributed by atoms with E-state index in [1.54, 1.807) is 20.0 Å². The molecule has 4 nitrogen and oxygen atoms in total. The van der Waals surface area contributed by atoms with Gasteiger partial charge in [0.15, 0.2) is 0 Å². The number of carbonyl (C=O) groups excluding carboxylic acids is 1. The zero-order valence-electron chi connectivity index (χ0n) is 9.84. The summed E-state index contributed by atoms with van der Waals surface area (Å²) >= 11 is 0. The molecule has 0 aliphatic carbocycles. The first kappa shape index (κ1) is 13.6. The lowest BCUT2D eigenvalue weighted by Gasteiger charge is -2.26. The van der Waals surface area contributed by atoms with Gasteiger partial charge in [0.1, 0.15) is 0 Å². The van der Waals surface area contributed by atoms with E-state index >= 15 is 0 Å². The molecule has 14 heavy (non-hydrogen) atoms. The topological polar surface area (TPSA) is 44.8 Å². The van der Waals surface area contributed by atoms with Gasteiger partial charge >= 0.3 is 8.56 Å². The molecule has 0 bridgehead atoms. The average molecular weight is 220 g/mol. The second kappa shape index (κ2) is 4.91. The van der Waals surface area contributed by atoms with Crippen molar-refractivity contribution in [1.29, 1.82) is 0 Å². The molecule has 0 radical (unpaired) electrons. The largest absolute Gasteiger partial charge is 0.493 e. The molecule has 0 heterocycles. The Morgan fingerprint density at radius 3 is 2.14 bits per heavy atom. The van der Waals surface area contributed by atoms with Crippen LogP contribution in [0, 0.1) is 0 Å². The molecule has 0 aliphatic rings. The van der Waals surface area contributed by atoms with Crippen molar-refractivity contribution in [2.75, 3.05) is 0 Å². The molecule has 0 amide bonds. The van der Waals surface area contributed by atoms with Crippen molar-refractivity contribution in [3.05, 3.63) is 0 Å². The van der Waals surface area contributed by atoms with E-state index in [1.165, 1.54) is 0 Å². The fraction of sp³-hybridized carbons (Fsp3) is 0.889. The summed E-state index contributed by atoms with van der Waals surface area (Å²) in [6.07, 6.45) is 0.356. The van der Waals surface area contributed by atoms with Gasteiger partial charge in [-0.05, 0) is 33.9 Å². The van der Waals surface area contributed by atoms with Crippen LogP contribution in [0.5, 0.6) is 0 Å². The minimum absolute atomic E-state index is 0.251. The third-order valence-corrected chi connectivity index (χ3v) is 2.34. The van der Waals surface area contributed by atoms with Crippen molar-refractivity contribution in [3.63, 3.8) is 0 Å². The van der Waals surface area contributed by atoms with Gasteiger partial charge in [-0.2, -0.15) is 0 Å².